The van der Waals surface area contributed by atoms with Gasteiger partial charge >= 0.3 is 0 Å². The molecular weight excluding hydrogens is 197 g/mol. The molecule has 2 aromatic carbocycles. The SMILES string of the molecule is Nc1cccc2cc(P(O)O)ccc12. The molecule has 0 atom stereocenters. The van der Waals surface area contributed by atoms with Gasteiger partial charge in [0.15, 0.2) is 8.38 Å². The quantitative estimate of drug-likeness (QED) is 0.488. The molecule has 0 saturated heterocycles. The van der Waals surface area contributed by atoms with Gasteiger partial charge in [0.25, 0.3) is 0 Å². The zero-order valence-corrected chi connectivity index (χ0v) is 8.28. The van der Waals surface area contributed by atoms with Crippen molar-refractivity contribution in [1.82, 2.24) is 0 Å². The number of nitrogens with two attached hydrogens (primary N) is 1. The summed E-state index contributed by atoms with van der Waals surface area (Å²) in [4.78, 5) is 18.1. The monoisotopic (exact) mass is 207 g/mol. The van der Waals surface area contributed by atoms with Crippen molar-refractivity contribution in [2.75, 3.05) is 5.73 Å². The molecule has 0 amide bonds. The van der Waals surface area contributed by atoms with Gasteiger partial charge < -0.3 is 15.5 Å². The molecular formula is C10H10NO2P. The van der Waals surface area contributed by atoms with Crippen LogP contribution in [0.2, 0.25) is 0 Å². The minimum absolute atomic E-state index is 0.540. The van der Waals surface area contributed by atoms with Crippen LogP contribution in [0.15, 0.2) is 36.4 Å². The second-order valence-corrected chi connectivity index (χ2v) is 4.14. The molecule has 0 aromatic heterocycles. The van der Waals surface area contributed by atoms with E-state index in [4.69, 9.17) is 15.5 Å². The Morgan fingerprint density at radius 1 is 1.07 bits per heavy atom. The number of hydrogen-bond donors (Lipinski definition) is 3. The van der Waals surface area contributed by atoms with Crippen LogP contribution in [-0.4, -0.2) is 9.79 Å². The van der Waals surface area contributed by atoms with Crippen LogP contribution in [0.1, 0.15) is 0 Å². The smallest absolute Gasteiger partial charge is 0.199 e. The van der Waals surface area contributed by atoms with Gasteiger partial charge in [-0.1, -0.05) is 18.2 Å². The summed E-state index contributed by atoms with van der Waals surface area (Å²) in [5, 5.41) is 2.41. The second kappa shape index (κ2) is 3.54. The maximum atomic E-state index is 9.04. The minimum atomic E-state index is -2.02. The first kappa shape index (κ1) is 9.41. The van der Waals surface area contributed by atoms with Crippen LogP contribution in [0.5, 0.6) is 0 Å². The first-order valence-electron chi connectivity index (χ1n) is 4.14. The zero-order valence-electron chi connectivity index (χ0n) is 7.38. The van der Waals surface area contributed by atoms with Gasteiger partial charge in [0.1, 0.15) is 0 Å². The molecule has 0 aliphatic carbocycles. The normalized spacial score (nSPS) is 11.1. The Morgan fingerprint density at radius 2 is 1.86 bits per heavy atom. The summed E-state index contributed by atoms with van der Waals surface area (Å²) in [6.07, 6.45) is 0. The van der Waals surface area contributed by atoms with E-state index in [1.165, 1.54) is 0 Å². The molecule has 0 radical (unpaired) electrons. The lowest BCUT2D eigenvalue weighted by Gasteiger charge is -2.05. The molecule has 14 heavy (non-hydrogen) atoms. The summed E-state index contributed by atoms with van der Waals surface area (Å²) in [5.74, 6) is 0. The predicted octanol–water partition coefficient (Wildman–Crippen LogP) is 1.34. The van der Waals surface area contributed by atoms with Crippen molar-refractivity contribution >= 4 is 30.1 Å². The highest BCUT2D eigenvalue weighted by Crippen LogP contribution is 2.26. The predicted molar refractivity (Wildman–Crippen MR) is 59.4 cm³/mol. The molecule has 4 N–H and O–H groups in total. The number of rotatable bonds is 1. The third-order valence-electron chi connectivity index (χ3n) is 2.13. The van der Waals surface area contributed by atoms with Gasteiger partial charge in [-0.3, -0.25) is 0 Å². The van der Waals surface area contributed by atoms with E-state index < -0.39 is 8.38 Å². The lowest BCUT2D eigenvalue weighted by atomic mass is 10.1. The lowest BCUT2D eigenvalue weighted by molar-refractivity contribution is 0.497. The number of nitrogen functional groups attached to an aromatic ring is 1. The van der Waals surface area contributed by atoms with Crippen molar-refractivity contribution in [2.45, 2.75) is 0 Å². The van der Waals surface area contributed by atoms with Crippen molar-refractivity contribution in [3.63, 3.8) is 0 Å². The number of benzene rings is 2. The van der Waals surface area contributed by atoms with Crippen molar-refractivity contribution in [2.24, 2.45) is 0 Å². The maximum absolute atomic E-state index is 9.04. The molecule has 0 unspecified atom stereocenters. The first-order valence-corrected chi connectivity index (χ1v) is 5.39. The highest BCUT2D eigenvalue weighted by atomic mass is 31.2. The molecule has 0 heterocycles. The summed E-state index contributed by atoms with van der Waals surface area (Å²) in [7, 11) is -2.02. The fraction of sp³-hybridized carbons (Fsp3) is 0. The molecule has 0 aliphatic heterocycles. The second-order valence-electron chi connectivity index (χ2n) is 3.04. The van der Waals surface area contributed by atoms with Crippen LogP contribution >= 0.6 is 8.38 Å². The average Bonchev–Trinajstić information content (AvgIpc) is 2.17. The Morgan fingerprint density at radius 3 is 2.57 bits per heavy atom. The Bertz CT molecular complexity index is 471. The molecule has 0 aliphatic rings. The topological polar surface area (TPSA) is 66.5 Å². The van der Waals surface area contributed by atoms with Crippen molar-refractivity contribution in [3.8, 4) is 0 Å². The van der Waals surface area contributed by atoms with Crippen molar-refractivity contribution in [3.05, 3.63) is 36.4 Å². The van der Waals surface area contributed by atoms with Gasteiger partial charge in [-0.05, 0) is 23.6 Å². The Balaban J connectivity index is 2.67. The van der Waals surface area contributed by atoms with Gasteiger partial charge in [0.05, 0.1) is 0 Å². The van der Waals surface area contributed by atoms with E-state index in [1.807, 2.05) is 24.3 Å². The van der Waals surface area contributed by atoms with E-state index in [-0.39, 0.29) is 0 Å². The summed E-state index contributed by atoms with van der Waals surface area (Å²) in [6.45, 7) is 0. The van der Waals surface area contributed by atoms with Gasteiger partial charge in [0, 0.05) is 16.4 Å². The molecule has 2 rings (SSSR count). The van der Waals surface area contributed by atoms with Gasteiger partial charge in [-0.25, -0.2) is 0 Å². The fourth-order valence-corrected chi connectivity index (χ4v) is 1.88. The molecule has 0 bridgehead atoms. The average molecular weight is 207 g/mol. The third-order valence-corrected chi connectivity index (χ3v) is 2.87. The Labute approximate surface area is 82.7 Å². The molecule has 2 aromatic rings. The molecule has 0 fully saturated rings. The van der Waals surface area contributed by atoms with E-state index in [0.717, 1.165) is 10.8 Å². The molecule has 0 saturated carbocycles. The Kier molecular flexibility index (Phi) is 2.38. The lowest BCUT2D eigenvalue weighted by Crippen LogP contribution is -1.99. The van der Waals surface area contributed by atoms with Gasteiger partial charge in [-0.15, -0.1) is 0 Å². The molecule has 3 nitrogen and oxygen atoms in total. The van der Waals surface area contributed by atoms with Gasteiger partial charge in [-0.2, -0.15) is 0 Å². The summed E-state index contributed by atoms with van der Waals surface area (Å²) >= 11 is 0. The van der Waals surface area contributed by atoms with Crippen LogP contribution in [0, 0.1) is 0 Å². The summed E-state index contributed by atoms with van der Waals surface area (Å²) in [6, 6.07) is 10.8. The van der Waals surface area contributed by atoms with E-state index in [1.54, 1.807) is 12.1 Å². The van der Waals surface area contributed by atoms with Crippen LogP contribution in [0.4, 0.5) is 5.69 Å². The minimum Gasteiger partial charge on any atom is -0.398 e. The van der Waals surface area contributed by atoms with Crippen LogP contribution in [-0.2, 0) is 0 Å². The largest absolute Gasteiger partial charge is 0.398 e. The van der Waals surface area contributed by atoms with E-state index >= 15 is 0 Å². The summed E-state index contributed by atoms with van der Waals surface area (Å²) < 4.78 is 0. The van der Waals surface area contributed by atoms with Crippen LogP contribution in [0.3, 0.4) is 0 Å². The van der Waals surface area contributed by atoms with Crippen LogP contribution in [0.25, 0.3) is 10.8 Å². The standard InChI is InChI=1S/C10H10NO2P/c11-10-3-1-2-7-6-8(14(12)13)4-5-9(7)10/h1-6,12-13H,11H2. The van der Waals surface area contributed by atoms with Crippen LogP contribution < -0.4 is 11.0 Å². The van der Waals surface area contributed by atoms with E-state index in [2.05, 4.69) is 0 Å². The van der Waals surface area contributed by atoms with Crippen molar-refractivity contribution < 1.29 is 9.79 Å². The highest BCUT2D eigenvalue weighted by molar-refractivity contribution is 7.54. The molecule has 4 heteroatoms. The fourth-order valence-electron chi connectivity index (χ4n) is 1.42. The maximum Gasteiger partial charge on any atom is 0.199 e. The van der Waals surface area contributed by atoms with E-state index in [0.29, 0.717) is 11.0 Å². The highest BCUT2D eigenvalue weighted by Gasteiger charge is 2.05. The number of hydrogen-bond acceptors (Lipinski definition) is 3. The molecule has 72 valence electrons. The zero-order chi connectivity index (χ0) is 10.1. The Hall–Kier alpha value is -1.15. The van der Waals surface area contributed by atoms with Gasteiger partial charge in [0.2, 0.25) is 0 Å². The number of fused-ring (bicyclic) bond motifs is 1. The summed E-state index contributed by atoms with van der Waals surface area (Å²) in [5.41, 5.74) is 6.47. The van der Waals surface area contributed by atoms with Crippen molar-refractivity contribution in [1.29, 1.82) is 0 Å². The van der Waals surface area contributed by atoms with E-state index in [9.17, 15) is 0 Å². The third kappa shape index (κ3) is 1.58. The first-order chi connectivity index (χ1) is 6.68. The molecule has 0 spiro atoms. The number of anilines is 1.